The molecule has 0 aliphatic carbocycles. The summed E-state index contributed by atoms with van der Waals surface area (Å²) in [6, 6.07) is 9.15. The normalized spacial score (nSPS) is 9.83. The van der Waals surface area contributed by atoms with Crippen LogP contribution in [0.5, 0.6) is 0 Å². The lowest BCUT2D eigenvalue weighted by Crippen LogP contribution is -2.00. The summed E-state index contributed by atoms with van der Waals surface area (Å²) in [7, 11) is 0. The number of nitrogens with one attached hydrogen (secondary N) is 1. The molecule has 0 saturated carbocycles. The van der Waals surface area contributed by atoms with Crippen LogP contribution >= 0.6 is 11.6 Å². The van der Waals surface area contributed by atoms with Gasteiger partial charge in [0.1, 0.15) is 11.9 Å². The SMILES string of the molecule is Cc1c(Cl)cccc1Nc1ncc(N)cc1C#N. The van der Waals surface area contributed by atoms with E-state index in [9.17, 15) is 0 Å². The predicted molar refractivity (Wildman–Crippen MR) is 72.8 cm³/mol. The summed E-state index contributed by atoms with van der Waals surface area (Å²) < 4.78 is 0. The third-order valence-electron chi connectivity index (χ3n) is 2.55. The molecule has 0 bridgehead atoms. The minimum atomic E-state index is 0.398. The Bertz CT molecular complexity index is 631. The zero-order valence-electron chi connectivity index (χ0n) is 9.74. The topological polar surface area (TPSA) is 74.7 Å². The summed E-state index contributed by atoms with van der Waals surface area (Å²) in [4.78, 5) is 4.11. The predicted octanol–water partition coefficient (Wildman–Crippen LogP) is 3.24. The van der Waals surface area contributed by atoms with Gasteiger partial charge in [0.05, 0.1) is 17.4 Å². The van der Waals surface area contributed by atoms with Crippen molar-refractivity contribution in [1.29, 1.82) is 5.26 Å². The average molecular weight is 259 g/mol. The van der Waals surface area contributed by atoms with Gasteiger partial charge in [-0.2, -0.15) is 5.26 Å². The minimum Gasteiger partial charge on any atom is -0.397 e. The minimum absolute atomic E-state index is 0.398. The standard InChI is InChI=1S/C13H11ClN4/c1-8-11(14)3-2-4-12(8)18-13-9(6-15)5-10(16)7-17-13/h2-5,7H,16H2,1H3,(H,17,18). The first kappa shape index (κ1) is 12.2. The van der Waals surface area contributed by atoms with Crippen molar-refractivity contribution in [2.45, 2.75) is 6.92 Å². The van der Waals surface area contributed by atoms with Gasteiger partial charge in [-0.1, -0.05) is 17.7 Å². The Balaban J connectivity index is 2.41. The van der Waals surface area contributed by atoms with Crippen LogP contribution in [-0.2, 0) is 0 Å². The Hall–Kier alpha value is -2.25. The second kappa shape index (κ2) is 4.94. The molecule has 3 N–H and O–H groups in total. The molecule has 18 heavy (non-hydrogen) atoms. The zero-order chi connectivity index (χ0) is 13.1. The van der Waals surface area contributed by atoms with Crippen LogP contribution in [0.3, 0.4) is 0 Å². The molecule has 0 amide bonds. The van der Waals surface area contributed by atoms with Crippen LogP contribution in [0, 0.1) is 18.3 Å². The van der Waals surface area contributed by atoms with E-state index in [0.717, 1.165) is 11.3 Å². The van der Waals surface area contributed by atoms with E-state index in [0.29, 0.717) is 22.1 Å². The molecular weight excluding hydrogens is 248 g/mol. The van der Waals surface area contributed by atoms with Crippen molar-refractivity contribution >= 4 is 28.8 Å². The lowest BCUT2D eigenvalue weighted by molar-refractivity contribution is 1.28. The summed E-state index contributed by atoms with van der Waals surface area (Å²) >= 11 is 6.03. The van der Waals surface area contributed by atoms with Gasteiger partial charge in [-0.15, -0.1) is 0 Å². The Kier molecular flexibility index (Phi) is 3.35. The molecule has 5 heteroatoms. The summed E-state index contributed by atoms with van der Waals surface area (Å²) in [5, 5.41) is 12.8. The number of nitrogens with zero attached hydrogens (tertiary/aromatic N) is 2. The molecule has 2 rings (SSSR count). The largest absolute Gasteiger partial charge is 0.397 e. The van der Waals surface area contributed by atoms with Crippen LogP contribution in [0.4, 0.5) is 17.2 Å². The van der Waals surface area contributed by atoms with Crippen LogP contribution in [0.1, 0.15) is 11.1 Å². The first-order chi connectivity index (χ1) is 8.61. The first-order valence-electron chi connectivity index (χ1n) is 5.29. The number of benzene rings is 1. The highest BCUT2D eigenvalue weighted by Gasteiger charge is 2.07. The molecule has 0 aliphatic rings. The number of nitrogens with two attached hydrogens (primary N) is 1. The van der Waals surface area contributed by atoms with Gasteiger partial charge >= 0.3 is 0 Å². The molecular formula is C13H11ClN4. The molecule has 0 spiro atoms. The van der Waals surface area contributed by atoms with E-state index in [4.69, 9.17) is 22.6 Å². The van der Waals surface area contributed by atoms with Crippen molar-refractivity contribution in [1.82, 2.24) is 4.98 Å². The molecule has 90 valence electrons. The molecule has 1 heterocycles. The molecule has 0 radical (unpaired) electrons. The van der Waals surface area contributed by atoms with Crippen LogP contribution in [0.15, 0.2) is 30.5 Å². The van der Waals surface area contributed by atoms with Gasteiger partial charge in [0.2, 0.25) is 0 Å². The van der Waals surface area contributed by atoms with E-state index in [2.05, 4.69) is 16.4 Å². The molecule has 2 aromatic rings. The molecule has 4 nitrogen and oxygen atoms in total. The van der Waals surface area contributed by atoms with Gasteiger partial charge in [-0.05, 0) is 30.7 Å². The van der Waals surface area contributed by atoms with E-state index in [1.54, 1.807) is 6.07 Å². The first-order valence-corrected chi connectivity index (χ1v) is 5.67. The molecule has 0 atom stereocenters. The smallest absolute Gasteiger partial charge is 0.148 e. The van der Waals surface area contributed by atoms with Crippen LogP contribution in [-0.4, -0.2) is 4.98 Å². The maximum absolute atomic E-state index is 9.03. The Labute approximate surface area is 110 Å². The molecule has 1 aromatic carbocycles. The van der Waals surface area contributed by atoms with Crippen LogP contribution < -0.4 is 11.1 Å². The summed E-state index contributed by atoms with van der Waals surface area (Å²) in [5.74, 6) is 0.470. The van der Waals surface area contributed by atoms with Crippen molar-refractivity contribution in [3.63, 3.8) is 0 Å². The van der Waals surface area contributed by atoms with Crippen LogP contribution in [0.25, 0.3) is 0 Å². The van der Waals surface area contributed by atoms with Gasteiger partial charge in [-0.25, -0.2) is 4.98 Å². The fraction of sp³-hybridized carbons (Fsp3) is 0.0769. The molecule has 1 aromatic heterocycles. The van der Waals surface area contributed by atoms with Crippen molar-refractivity contribution in [3.05, 3.63) is 46.6 Å². The van der Waals surface area contributed by atoms with E-state index in [-0.39, 0.29) is 0 Å². The van der Waals surface area contributed by atoms with Gasteiger partial charge in [0.25, 0.3) is 0 Å². The molecule has 0 saturated heterocycles. The Morgan fingerprint density at radius 1 is 1.44 bits per heavy atom. The number of pyridine rings is 1. The monoisotopic (exact) mass is 258 g/mol. The maximum atomic E-state index is 9.03. The van der Waals surface area contributed by atoms with Crippen molar-refractivity contribution in [2.24, 2.45) is 0 Å². The highest BCUT2D eigenvalue weighted by atomic mass is 35.5. The van der Waals surface area contributed by atoms with Crippen LogP contribution in [0.2, 0.25) is 5.02 Å². The van der Waals surface area contributed by atoms with Gasteiger partial charge in [0, 0.05) is 10.7 Å². The quantitative estimate of drug-likeness (QED) is 0.867. The number of halogens is 1. The number of rotatable bonds is 2. The number of hydrogen-bond acceptors (Lipinski definition) is 4. The second-order valence-corrected chi connectivity index (χ2v) is 4.22. The van der Waals surface area contributed by atoms with E-state index in [1.807, 2.05) is 25.1 Å². The average Bonchev–Trinajstić information content (AvgIpc) is 2.37. The van der Waals surface area contributed by atoms with Gasteiger partial charge < -0.3 is 11.1 Å². The summed E-state index contributed by atoms with van der Waals surface area (Å²) in [5.41, 5.74) is 8.16. The van der Waals surface area contributed by atoms with Crippen molar-refractivity contribution in [2.75, 3.05) is 11.1 Å². The Morgan fingerprint density at radius 3 is 2.94 bits per heavy atom. The van der Waals surface area contributed by atoms with E-state index in [1.165, 1.54) is 6.20 Å². The van der Waals surface area contributed by atoms with E-state index < -0.39 is 0 Å². The molecule has 0 unspecified atom stereocenters. The highest BCUT2D eigenvalue weighted by molar-refractivity contribution is 6.31. The lowest BCUT2D eigenvalue weighted by atomic mass is 10.2. The van der Waals surface area contributed by atoms with Crippen molar-refractivity contribution < 1.29 is 0 Å². The number of anilines is 3. The van der Waals surface area contributed by atoms with E-state index >= 15 is 0 Å². The van der Waals surface area contributed by atoms with Gasteiger partial charge in [0.15, 0.2) is 0 Å². The third-order valence-corrected chi connectivity index (χ3v) is 2.96. The summed E-state index contributed by atoms with van der Waals surface area (Å²) in [6.07, 6.45) is 1.50. The third kappa shape index (κ3) is 2.36. The Morgan fingerprint density at radius 2 is 2.22 bits per heavy atom. The number of hydrogen-bond donors (Lipinski definition) is 2. The van der Waals surface area contributed by atoms with Gasteiger partial charge in [-0.3, -0.25) is 0 Å². The highest BCUT2D eigenvalue weighted by Crippen LogP contribution is 2.26. The molecule has 0 aliphatic heterocycles. The lowest BCUT2D eigenvalue weighted by Gasteiger charge is -2.11. The second-order valence-electron chi connectivity index (χ2n) is 3.81. The number of nitrogen functional groups attached to an aromatic ring is 1. The van der Waals surface area contributed by atoms with Crippen molar-refractivity contribution in [3.8, 4) is 6.07 Å². The number of nitriles is 1. The fourth-order valence-corrected chi connectivity index (χ4v) is 1.71. The zero-order valence-corrected chi connectivity index (χ0v) is 10.5. The molecule has 0 fully saturated rings. The maximum Gasteiger partial charge on any atom is 0.148 e. The summed E-state index contributed by atoms with van der Waals surface area (Å²) in [6.45, 7) is 1.90. The fourth-order valence-electron chi connectivity index (χ4n) is 1.54. The number of aromatic nitrogens is 1.